The Kier molecular flexibility index (Phi) is 4.58. The Morgan fingerprint density at radius 1 is 1.33 bits per heavy atom. The highest BCUT2D eigenvalue weighted by Gasteiger charge is 2.31. The first-order valence-electron chi connectivity index (χ1n) is 6.08. The van der Waals surface area contributed by atoms with Gasteiger partial charge in [0.05, 0.1) is 0 Å². The Morgan fingerprint density at radius 3 is 2.47 bits per heavy atom. The van der Waals surface area contributed by atoms with Crippen molar-refractivity contribution in [1.29, 1.82) is 0 Å². The van der Waals surface area contributed by atoms with Gasteiger partial charge in [0.2, 0.25) is 5.91 Å². The number of hydrogen-bond donors (Lipinski definition) is 1. The van der Waals surface area contributed by atoms with E-state index in [-0.39, 0.29) is 5.41 Å². The Balaban J connectivity index is 2.48. The summed E-state index contributed by atoms with van der Waals surface area (Å²) in [6.07, 6.45) is 3.31. The molecule has 1 N–H and O–H groups in total. The maximum atomic E-state index is 12.2. The van der Waals surface area contributed by atoms with Crippen molar-refractivity contribution >= 4 is 5.91 Å². The maximum absolute atomic E-state index is 12.2. The van der Waals surface area contributed by atoms with Crippen LogP contribution in [0.25, 0.3) is 0 Å². The molecule has 0 saturated carbocycles. The number of piperazine rings is 1. The van der Waals surface area contributed by atoms with E-state index in [2.05, 4.69) is 26.1 Å². The van der Waals surface area contributed by atoms with Crippen molar-refractivity contribution < 1.29 is 4.79 Å². The third-order valence-electron chi connectivity index (χ3n) is 3.14. The van der Waals surface area contributed by atoms with Crippen molar-refractivity contribution in [2.75, 3.05) is 26.2 Å². The molecule has 0 unspecified atom stereocenters. The van der Waals surface area contributed by atoms with Gasteiger partial charge >= 0.3 is 0 Å². The van der Waals surface area contributed by atoms with Gasteiger partial charge in [-0.05, 0) is 6.42 Å². The van der Waals surface area contributed by atoms with Gasteiger partial charge in [-0.2, -0.15) is 0 Å². The molecule has 1 rings (SSSR count). The van der Waals surface area contributed by atoms with Gasteiger partial charge in [-0.1, -0.05) is 33.6 Å². The second kappa shape index (κ2) is 5.50. The fourth-order valence-electron chi connectivity index (χ4n) is 2.02. The topological polar surface area (TPSA) is 32.3 Å². The highest BCUT2D eigenvalue weighted by atomic mass is 16.2. The van der Waals surface area contributed by atoms with Crippen LogP contribution in [0.2, 0.25) is 0 Å². The summed E-state index contributed by atoms with van der Waals surface area (Å²) in [5, 5.41) is 3.27. The molecule has 3 nitrogen and oxygen atoms in total. The SMILES string of the molecule is CCCCC(C)(C)C(=O)N1CCNCC1. The molecule has 0 spiro atoms. The van der Waals surface area contributed by atoms with Gasteiger partial charge in [0.1, 0.15) is 0 Å². The van der Waals surface area contributed by atoms with E-state index >= 15 is 0 Å². The third kappa shape index (κ3) is 3.49. The molecule has 1 saturated heterocycles. The Hall–Kier alpha value is -0.570. The monoisotopic (exact) mass is 212 g/mol. The fraction of sp³-hybridized carbons (Fsp3) is 0.917. The van der Waals surface area contributed by atoms with Crippen molar-refractivity contribution in [3.63, 3.8) is 0 Å². The van der Waals surface area contributed by atoms with Gasteiger partial charge in [-0.25, -0.2) is 0 Å². The smallest absolute Gasteiger partial charge is 0.228 e. The molecule has 0 aromatic rings. The molecule has 0 aromatic heterocycles. The summed E-state index contributed by atoms with van der Waals surface area (Å²) in [5.74, 6) is 0.331. The molecule has 1 aliphatic rings. The quantitative estimate of drug-likeness (QED) is 0.768. The van der Waals surface area contributed by atoms with Crippen molar-refractivity contribution in [1.82, 2.24) is 10.2 Å². The van der Waals surface area contributed by atoms with Crippen LogP contribution in [0.1, 0.15) is 40.0 Å². The van der Waals surface area contributed by atoms with Gasteiger partial charge < -0.3 is 10.2 Å². The third-order valence-corrected chi connectivity index (χ3v) is 3.14. The normalized spacial score (nSPS) is 17.9. The van der Waals surface area contributed by atoms with E-state index in [0.717, 1.165) is 45.4 Å². The zero-order valence-corrected chi connectivity index (χ0v) is 10.3. The largest absolute Gasteiger partial charge is 0.340 e. The van der Waals surface area contributed by atoms with E-state index in [1.807, 2.05) is 4.90 Å². The predicted molar refractivity (Wildman–Crippen MR) is 62.8 cm³/mol. The van der Waals surface area contributed by atoms with Gasteiger partial charge in [0, 0.05) is 31.6 Å². The molecule has 1 aliphatic heterocycles. The molecule has 15 heavy (non-hydrogen) atoms. The summed E-state index contributed by atoms with van der Waals surface area (Å²) in [6.45, 7) is 9.94. The molecular weight excluding hydrogens is 188 g/mol. The first-order valence-corrected chi connectivity index (χ1v) is 6.08. The van der Waals surface area contributed by atoms with Gasteiger partial charge in [-0.3, -0.25) is 4.79 Å². The van der Waals surface area contributed by atoms with E-state index in [1.54, 1.807) is 0 Å². The minimum absolute atomic E-state index is 0.173. The van der Waals surface area contributed by atoms with Crippen LogP contribution in [0, 0.1) is 5.41 Å². The summed E-state index contributed by atoms with van der Waals surface area (Å²) < 4.78 is 0. The predicted octanol–water partition coefficient (Wildman–Crippen LogP) is 1.63. The maximum Gasteiger partial charge on any atom is 0.228 e. The Morgan fingerprint density at radius 2 is 1.93 bits per heavy atom. The molecular formula is C12H24N2O. The molecule has 0 radical (unpaired) electrons. The number of nitrogens with zero attached hydrogens (tertiary/aromatic N) is 1. The molecule has 0 aromatic carbocycles. The fourth-order valence-corrected chi connectivity index (χ4v) is 2.02. The lowest BCUT2D eigenvalue weighted by molar-refractivity contribution is -0.141. The molecule has 1 heterocycles. The van der Waals surface area contributed by atoms with E-state index in [1.165, 1.54) is 0 Å². The first kappa shape index (κ1) is 12.5. The van der Waals surface area contributed by atoms with Crippen LogP contribution in [0.4, 0.5) is 0 Å². The van der Waals surface area contributed by atoms with E-state index in [4.69, 9.17) is 0 Å². The number of rotatable bonds is 4. The van der Waals surface area contributed by atoms with Crippen molar-refractivity contribution in [2.45, 2.75) is 40.0 Å². The lowest BCUT2D eigenvalue weighted by Gasteiger charge is -2.34. The average Bonchev–Trinajstić information content (AvgIpc) is 2.26. The van der Waals surface area contributed by atoms with Crippen LogP contribution in [0.15, 0.2) is 0 Å². The number of amides is 1. The number of carbonyl (C=O) groups excluding carboxylic acids is 1. The minimum atomic E-state index is -0.173. The van der Waals surface area contributed by atoms with Crippen molar-refractivity contribution in [2.24, 2.45) is 5.41 Å². The standard InChI is InChI=1S/C12H24N2O/c1-4-5-6-12(2,3)11(15)14-9-7-13-8-10-14/h13H,4-10H2,1-3H3. The first-order chi connectivity index (χ1) is 7.08. The molecule has 0 atom stereocenters. The van der Waals surface area contributed by atoms with Crippen LogP contribution in [0.5, 0.6) is 0 Å². The van der Waals surface area contributed by atoms with Crippen LogP contribution in [-0.4, -0.2) is 37.0 Å². The van der Waals surface area contributed by atoms with Crippen molar-refractivity contribution in [3.05, 3.63) is 0 Å². The zero-order chi connectivity index (χ0) is 11.3. The molecule has 0 aliphatic carbocycles. The molecule has 1 amide bonds. The number of unbranched alkanes of at least 4 members (excludes halogenated alkanes) is 1. The Labute approximate surface area is 93.2 Å². The van der Waals surface area contributed by atoms with Gasteiger partial charge in [0.25, 0.3) is 0 Å². The van der Waals surface area contributed by atoms with Crippen LogP contribution in [0.3, 0.4) is 0 Å². The number of carbonyl (C=O) groups is 1. The summed E-state index contributed by atoms with van der Waals surface area (Å²) in [6, 6.07) is 0. The summed E-state index contributed by atoms with van der Waals surface area (Å²) in [7, 11) is 0. The molecule has 0 bridgehead atoms. The number of hydrogen-bond acceptors (Lipinski definition) is 2. The van der Waals surface area contributed by atoms with Crippen LogP contribution >= 0.6 is 0 Å². The molecule has 3 heteroatoms. The van der Waals surface area contributed by atoms with Crippen LogP contribution in [-0.2, 0) is 4.79 Å². The zero-order valence-electron chi connectivity index (χ0n) is 10.3. The molecule has 1 fully saturated rings. The van der Waals surface area contributed by atoms with Crippen molar-refractivity contribution in [3.8, 4) is 0 Å². The number of nitrogens with one attached hydrogen (secondary N) is 1. The van der Waals surface area contributed by atoms with Gasteiger partial charge in [0.15, 0.2) is 0 Å². The van der Waals surface area contributed by atoms with Gasteiger partial charge in [-0.15, -0.1) is 0 Å². The average molecular weight is 212 g/mol. The van der Waals surface area contributed by atoms with E-state index in [9.17, 15) is 4.79 Å². The summed E-state index contributed by atoms with van der Waals surface area (Å²) >= 11 is 0. The minimum Gasteiger partial charge on any atom is -0.340 e. The summed E-state index contributed by atoms with van der Waals surface area (Å²) in [5.41, 5.74) is -0.173. The lowest BCUT2D eigenvalue weighted by atomic mass is 9.85. The highest BCUT2D eigenvalue weighted by molar-refractivity contribution is 5.82. The highest BCUT2D eigenvalue weighted by Crippen LogP contribution is 2.26. The van der Waals surface area contributed by atoms with E-state index in [0.29, 0.717) is 5.91 Å². The Bertz CT molecular complexity index is 208. The molecule has 88 valence electrons. The second-order valence-corrected chi connectivity index (χ2v) is 5.03. The lowest BCUT2D eigenvalue weighted by Crippen LogP contribution is -2.50. The van der Waals surface area contributed by atoms with Crippen LogP contribution < -0.4 is 5.32 Å². The second-order valence-electron chi connectivity index (χ2n) is 5.03. The summed E-state index contributed by atoms with van der Waals surface area (Å²) in [4.78, 5) is 14.2. The van der Waals surface area contributed by atoms with E-state index < -0.39 is 0 Å².